The van der Waals surface area contributed by atoms with Gasteiger partial charge in [-0.15, -0.1) is 0 Å². The molecule has 0 radical (unpaired) electrons. The number of carbonyl (C=O) groups excluding carboxylic acids is 1. The van der Waals surface area contributed by atoms with Crippen molar-refractivity contribution in [3.63, 3.8) is 0 Å². The van der Waals surface area contributed by atoms with Gasteiger partial charge in [0.1, 0.15) is 5.75 Å². The first-order chi connectivity index (χ1) is 11.8. The van der Waals surface area contributed by atoms with Crippen molar-refractivity contribution < 1.29 is 9.53 Å². The lowest BCUT2D eigenvalue weighted by Crippen LogP contribution is -2.31. The molecule has 3 rings (SSSR count). The zero-order valence-electron chi connectivity index (χ0n) is 14.5. The summed E-state index contributed by atoms with van der Waals surface area (Å²) in [4.78, 5) is 12.0. The first-order valence-corrected chi connectivity index (χ1v) is 10.5. The van der Waals surface area contributed by atoms with E-state index in [-0.39, 0.29) is 12.5 Å². The molecule has 1 saturated carbocycles. The maximum Gasteiger partial charge on any atom is 0.257 e. The first-order valence-electron chi connectivity index (χ1n) is 9.45. The van der Waals surface area contributed by atoms with Crippen LogP contribution >= 0.6 is 11.8 Å². The molecule has 24 heavy (non-hydrogen) atoms. The van der Waals surface area contributed by atoms with Gasteiger partial charge >= 0.3 is 0 Å². The van der Waals surface area contributed by atoms with Gasteiger partial charge in [-0.3, -0.25) is 4.79 Å². The van der Waals surface area contributed by atoms with Crippen LogP contribution in [0.3, 0.4) is 0 Å². The summed E-state index contributed by atoms with van der Waals surface area (Å²) in [6, 6.07) is 6.22. The van der Waals surface area contributed by atoms with Crippen LogP contribution in [0.2, 0.25) is 0 Å². The Bertz CT molecular complexity index is 540. The Morgan fingerprint density at radius 1 is 1.12 bits per heavy atom. The summed E-state index contributed by atoms with van der Waals surface area (Å²) in [7, 11) is 0. The molecular weight excluding hydrogens is 318 g/mol. The van der Waals surface area contributed by atoms with Crippen molar-refractivity contribution in [2.24, 2.45) is 0 Å². The van der Waals surface area contributed by atoms with Crippen LogP contribution in [0.15, 0.2) is 18.2 Å². The summed E-state index contributed by atoms with van der Waals surface area (Å²) in [6.07, 6.45) is 11.5. The van der Waals surface area contributed by atoms with Crippen LogP contribution in [0.25, 0.3) is 0 Å². The number of carbonyl (C=O) groups is 1. The molecule has 1 N–H and O–H groups in total. The van der Waals surface area contributed by atoms with Gasteiger partial charge in [0, 0.05) is 17.5 Å². The van der Waals surface area contributed by atoms with Crippen molar-refractivity contribution in [1.29, 1.82) is 0 Å². The van der Waals surface area contributed by atoms with E-state index in [0.717, 1.165) is 36.1 Å². The van der Waals surface area contributed by atoms with Crippen molar-refractivity contribution in [1.82, 2.24) is 5.32 Å². The Kier molecular flexibility index (Phi) is 6.88. The number of hydrogen-bond donors (Lipinski definition) is 1. The van der Waals surface area contributed by atoms with Crippen LogP contribution in [0.1, 0.15) is 56.1 Å². The van der Waals surface area contributed by atoms with Crippen LogP contribution in [-0.4, -0.2) is 30.1 Å². The van der Waals surface area contributed by atoms with E-state index >= 15 is 0 Å². The quantitative estimate of drug-likeness (QED) is 0.754. The minimum absolute atomic E-state index is 0.00680. The highest BCUT2D eigenvalue weighted by Crippen LogP contribution is 2.29. The van der Waals surface area contributed by atoms with Gasteiger partial charge in [-0.05, 0) is 55.7 Å². The van der Waals surface area contributed by atoms with E-state index < -0.39 is 0 Å². The average molecular weight is 348 g/mol. The predicted molar refractivity (Wildman–Crippen MR) is 101 cm³/mol. The fourth-order valence-electron chi connectivity index (χ4n) is 3.72. The molecule has 1 aromatic rings. The third-order valence-electron chi connectivity index (χ3n) is 5.04. The molecule has 0 bridgehead atoms. The molecular formula is C20H29NO2S. The molecule has 3 nitrogen and oxygen atoms in total. The van der Waals surface area contributed by atoms with Crippen molar-refractivity contribution in [2.75, 3.05) is 18.9 Å². The van der Waals surface area contributed by atoms with Crippen LogP contribution in [-0.2, 0) is 17.6 Å². The Morgan fingerprint density at radius 3 is 2.83 bits per heavy atom. The number of ether oxygens (including phenoxy) is 1. The molecule has 0 aromatic heterocycles. The highest BCUT2D eigenvalue weighted by molar-refractivity contribution is 7.99. The molecule has 1 amide bonds. The second-order valence-electron chi connectivity index (χ2n) is 6.87. The zero-order valence-corrected chi connectivity index (χ0v) is 15.3. The largest absolute Gasteiger partial charge is 0.483 e. The van der Waals surface area contributed by atoms with Crippen molar-refractivity contribution in [2.45, 2.75) is 63.0 Å². The van der Waals surface area contributed by atoms with E-state index in [2.05, 4.69) is 11.4 Å². The normalized spacial score (nSPS) is 18.0. The van der Waals surface area contributed by atoms with Gasteiger partial charge < -0.3 is 10.1 Å². The second kappa shape index (κ2) is 9.36. The molecule has 0 heterocycles. The van der Waals surface area contributed by atoms with Crippen molar-refractivity contribution in [3.05, 3.63) is 29.3 Å². The third kappa shape index (κ3) is 5.17. The summed E-state index contributed by atoms with van der Waals surface area (Å²) in [5.74, 6) is 1.91. The highest BCUT2D eigenvalue weighted by Gasteiger charge is 2.15. The topological polar surface area (TPSA) is 38.3 Å². The number of thioether (sulfide) groups is 1. The number of aryl methyl sites for hydroxylation is 1. The standard InChI is InChI=1S/C20H29NO2S/c22-20(21-13-14-24-17-9-2-1-3-10-17)15-23-19-12-6-8-16-7-4-5-11-18(16)19/h6,8,12,17H,1-5,7,9-11,13-15H2,(H,21,22). The molecule has 2 aliphatic rings. The summed E-state index contributed by atoms with van der Waals surface area (Å²) < 4.78 is 5.79. The van der Waals surface area contributed by atoms with E-state index in [1.807, 2.05) is 23.9 Å². The van der Waals surface area contributed by atoms with Crippen LogP contribution in [0, 0.1) is 0 Å². The van der Waals surface area contributed by atoms with E-state index in [1.54, 1.807) is 0 Å². The molecule has 132 valence electrons. The molecule has 0 spiro atoms. The summed E-state index contributed by atoms with van der Waals surface area (Å²) >= 11 is 2.02. The Balaban J connectivity index is 1.35. The van der Waals surface area contributed by atoms with Gasteiger partial charge in [0.05, 0.1) is 0 Å². The lowest BCUT2D eigenvalue weighted by Gasteiger charge is -2.21. The van der Waals surface area contributed by atoms with Gasteiger partial charge in [-0.1, -0.05) is 31.4 Å². The minimum Gasteiger partial charge on any atom is -0.483 e. The smallest absolute Gasteiger partial charge is 0.257 e. The molecule has 1 aromatic carbocycles. The summed E-state index contributed by atoms with van der Waals surface area (Å²) in [5, 5.41) is 3.80. The SMILES string of the molecule is O=C(COc1cccc2c1CCCC2)NCCSC1CCCCC1. The van der Waals surface area contributed by atoms with E-state index in [4.69, 9.17) is 4.74 Å². The Labute approximate surface area is 149 Å². The molecule has 1 fully saturated rings. The van der Waals surface area contributed by atoms with Gasteiger partial charge in [0.15, 0.2) is 6.61 Å². The minimum atomic E-state index is -0.00680. The maximum atomic E-state index is 12.0. The summed E-state index contributed by atoms with van der Waals surface area (Å²) in [5.41, 5.74) is 2.70. The molecule has 0 atom stereocenters. The number of rotatable bonds is 7. The van der Waals surface area contributed by atoms with Crippen LogP contribution in [0.4, 0.5) is 0 Å². The molecule has 2 aliphatic carbocycles. The van der Waals surface area contributed by atoms with Gasteiger partial charge in [-0.25, -0.2) is 0 Å². The lowest BCUT2D eigenvalue weighted by molar-refractivity contribution is -0.122. The van der Waals surface area contributed by atoms with Gasteiger partial charge in [-0.2, -0.15) is 11.8 Å². The van der Waals surface area contributed by atoms with Crippen molar-refractivity contribution in [3.8, 4) is 5.75 Å². The molecule has 0 saturated heterocycles. The number of nitrogens with one attached hydrogen (secondary N) is 1. The maximum absolute atomic E-state index is 12.0. The lowest BCUT2D eigenvalue weighted by atomic mass is 9.91. The number of fused-ring (bicyclic) bond motifs is 1. The summed E-state index contributed by atoms with van der Waals surface area (Å²) in [6.45, 7) is 0.876. The Hall–Kier alpha value is -1.16. The fourth-order valence-corrected chi connectivity index (χ4v) is 4.94. The van der Waals surface area contributed by atoms with Crippen molar-refractivity contribution >= 4 is 17.7 Å². The van der Waals surface area contributed by atoms with E-state index in [0.29, 0.717) is 0 Å². The number of benzene rings is 1. The first kappa shape index (κ1) is 17.7. The van der Waals surface area contributed by atoms with E-state index in [1.165, 1.54) is 56.1 Å². The monoisotopic (exact) mass is 347 g/mol. The van der Waals surface area contributed by atoms with Gasteiger partial charge in [0.2, 0.25) is 0 Å². The number of hydrogen-bond acceptors (Lipinski definition) is 3. The fraction of sp³-hybridized carbons (Fsp3) is 0.650. The van der Waals surface area contributed by atoms with Gasteiger partial charge in [0.25, 0.3) is 5.91 Å². The van der Waals surface area contributed by atoms with Crippen LogP contribution < -0.4 is 10.1 Å². The third-order valence-corrected chi connectivity index (χ3v) is 6.42. The highest BCUT2D eigenvalue weighted by atomic mass is 32.2. The number of amides is 1. The van der Waals surface area contributed by atoms with E-state index in [9.17, 15) is 4.79 Å². The zero-order chi connectivity index (χ0) is 16.6. The molecule has 0 aliphatic heterocycles. The predicted octanol–water partition coefficient (Wildman–Crippen LogP) is 4.13. The molecule has 4 heteroatoms. The Morgan fingerprint density at radius 2 is 1.96 bits per heavy atom. The second-order valence-corrected chi connectivity index (χ2v) is 8.28. The van der Waals surface area contributed by atoms with Crippen LogP contribution in [0.5, 0.6) is 5.75 Å². The average Bonchev–Trinajstić information content (AvgIpc) is 2.64. The molecule has 0 unspecified atom stereocenters.